The molecular weight excluding hydrogens is 384 g/mol. The molecule has 3 aromatic rings. The van der Waals surface area contributed by atoms with E-state index in [2.05, 4.69) is 5.10 Å². The lowest BCUT2D eigenvalue weighted by Crippen LogP contribution is -2.24. The Hall–Kier alpha value is -3.32. The molecule has 8 heteroatoms. The van der Waals surface area contributed by atoms with Gasteiger partial charge in [0.05, 0.1) is 10.7 Å². The van der Waals surface area contributed by atoms with Gasteiger partial charge in [0.25, 0.3) is 0 Å². The molecule has 7 nitrogen and oxygen atoms in total. The Labute approximate surface area is 165 Å². The molecule has 0 saturated carbocycles. The zero-order valence-corrected chi connectivity index (χ0v) is 15.6. The minimum absolute atomic E-state index is 0.0878. The van der Waals surface area contributed by atoms with Crippen molar-refractivity contribution in [2.45, 2.75) is 13.5 Å². The predicted molar refractivity (Wildman–Crippen MR) is 101 cm³/mol. The number of para-hydroxylation sites is 1. The minimum atomic E-state index is -0.816. The third-order valence-electron chi connectivity index (χ3n) is 4.16. The zero-order chi connectivity index (χ0) is 19.7. The summed E-state index contributed by atoms with van der Waals surface area (Å²) in [7, 11) is 0. The molecule has 2 heterocycles. The lowest BCUT2D eigenvalue weighted by Gasteiger charge is -2.11. The molecule has 0 unspecified atom stereocenters. The Kier molecular flexibility index (Phi) is 4.75. The molecule has 0 aliphatic carbocycles. The molecule has 0 N–H and O–H groups in total. The van der Waals surface area contributed by atoms with Crippen molar-refractivity contribution < 1.29 is 19.0 Å². The lowest BCUT2D eigenvalue weighted by atomic mass is 10.2. The van der Waals surface area contributed by atoms with Crippen LogP contribution in [0.2, 0.25) is 5.02 Å². The van der Waals surface area contributed by atoms with Gasteiger partial charge in [-0.3, -0.25) is 4.79 Å². The van der Waals surface area contributed by atoms with Crippen molar-refractivity contribution >= 4 is 17.6 Å². The molecule has 1 aliphatic rings. The van der Waals surface area contributed by atoms with Gasteiger partial charge >= 0.3 is 5.97 Å². The van der Waals surface area contributed by atoms with Crippen molar-refractivity contribution in [2.75, 3.05) is 6.79 Å². The quantitative estimate of drug-likeness (QED) is 0.627. The van der Waals surface area contributed by atoms with E-state index in [4.69, 9.17) is 25.8 Å². The van der Waals surface area contributed by atoms with E-state index in [1.807, 2.05) is 30.3 Å². The zero-order valence-electron chi connectivity index (χ0n) is 14.8. The maximum atomic E-state index is 12.5. The second-order valence-corrected chi connectivity index (χ2v) is 6.54. The molecule has 4 rings (SSSR count). The van der Waals surface area contributed by atoms with E-state index in [-0.39, 0.29) is 19.1 Å². The summed E-state index contributed by atoms with van der Waals surface area (Å²) in [5, 5.41) is 4.55. The van der Waals surface area contributed by atoms with Crippen molar-refractivity contribution in [1.82, 2.24) is 9.78 Å². The summed E-state index contributed by atoms with van der Waals surface area (Å²) in [5.74, 6) is 0.129. The van der Waals surface area contributed by atoms with Gasteiger partial charge < -0.3 is 14.2 Å². The average Bonchev–Trinajstić information content (AvgIpc) is 3.16. The molecule has 0 saturated heterocycles. The first-order chi connectivity index (χ1) is 13.5. The standard InChI is InChI=1S/C20H15ClN2O5/c1-12-7-16(24)18(22-23(12)14-5-3-2-4-6-14)20(25)26-10-13-8-15(21)19-17(9-13)27-11-28-19/h2-9H,10-11H2,1H3. The fourth-order valence-corrected chi connectivity index (χ4v) is 3.13. The van der Waals surface area contributed by atoms with E-state index in [1.165, 1.54) is 10.7 Å². The number of aryl methyl sites for hydroxylation is 1. The smallest absolute Gasteiger partial charge is 0.363 e. The van der Waals surface area contributed by atoms with Gasteiger partial charge in [0.2, 0.25) is 17.9 Å². The first-order valence-electron chi connectivity index (χ1n) is 8.44. The summed E-state index contributed by atoms with van der Waals surface area (Å²) in [5.41, 5.74) is 1.16. The van der Waals surface area contributed by atoms with Gasteiger partial charge in [-0.15, -0.1) is 0 Å². The number of fused-ring (bicyclic) bond motifs is 1. The van der Waals surface area contributed by atoms with Crippen LogP contribution in [0.3, 0.4) is 0 Å². The Balaban J connectivity index is 1.57. The second kappa shape index (κ2) is 7.36. The lowest BCUT2D eigenvalue weighted by molar-refractivity contribution is 0.0461. The fourth-order valence-electron chi connectivity index (χ4n) is 2.84. The molecule has 0 spiro atoms. The Morgan fingerprint density at radius 1 is 1.21 bits per heavy atom. The number of hydrogen-bond acceptors (Lipinski definition) is 6. The third kappa shape index (κ3) is 3.44. The molecule has 28 heavy (non-hydrogen) atoms. The number of carbonyl (C=O) groups is 1. The number of aromatic nitrogens is 2. The number of esters is 1. The molecule has 1 aromatic heterocycles. The molecule has 1 aliphatic heterocycles. The van der Waals surface area contributed by atoms with Crippen LogP contribution in [0.5, 0.6) is 11.5 Å². The van der Waals surface area contributed by atoms with Crippen molar-refractivity contribution in [3.05, 3.63) is 80.7 Å². The molecule has 0 amide bonds. The fraction of sp³-hybridized carbons (Fsp3) is 0.150. The number of benzene rings is 2. The van der Waals surface area contributed by atoms with Crippen LogP contribution in [0.4, 0.5) is 0 Å². The van der Waals surface area contributed by atoms with E-state index in [0.29, 0.717) is 27.8 Å². The molecule has 0 fully saturated rings. The number of halogens is 1. The highest BCUT2D eigenvalue weighted by Crippen LogP contribution is 2.39. The molecule has 0 bridgehead atoms. The third-order valence-corrected chi connectivity index (χ3v) is 4.44. The van der Waals surface area contributed by atoms with Crippen LogP contribution in [0, 0.1) is 6.92 Å². The van der Waals surface area contributed by atoms with Crippen molar-refractivity contribution in [3.63, 3.8) is 0 Å². The first-order valence-corrected chi connectivity index (χ1v) is 8.82. The van der Waals surface area contributed by atoms with Gasteiger partial charge in [-0.05, 0) is 36.8 Å². The van der Waals surface area contributed by atoms with Crippen LogP contribution < -0.4 is 14.9 Å². The summed E-state index contributed by atoms with van der Waals surface area (Å²) in [4.78, 5) is 24.7. The Bertz CT molecular complexity index is 1110. The summed E-state index contributed by atoms with van der Waals surface area (Å²) in [6.07, 6.45) is 0. The molecular formula is C20H15ClN2O5. The van der Waals surface area contributed by atoms with E-state index >= 15 is 0 Å². The summed E-state index contributed by atoms with van der Waals surface area (Å²) >= 11 is 6.13. The minimum Gasteiger partial charge on any atom is -0.456 e. The van der Waals surface area contributed by atoms with Crippen LogP contribution in [-0.2, 0) is 11.3 Å². The largest absolute Gasteiger partial charge is 0.456 e. The number of rotatable bonds is 4. The van der Waals surface area contributed by atoms with Crippen LogP contribution in [0.25, 0.3) is 5.69 Å². The van der Waals surface area contributed by atoms with Crippen LogP contribution >= 0.6 is 11.6 Å². The van der Waals surface area contributed by atoms with Gasteiger partial charge in [-0.2, -0.15) is 5.10 Å². The van der Waals surface area contributed by atoms with Gasteiger partial charge in [-0.25, -0.2) is 9.48 Å². The van der Waals surface area contributed by atoms with Crippen molar-refractivity contribution in [3.8, 4) is 17.2 Å². The summed E-state index contributed by atoms with van der Waals surface area (Å²) in [6, 6.07) is 13.9. The van der Waals surface area contributed by atoms with Crippen LogP contribution in [-0.4, -0.2) is 22.5 Å². The predicted octanol–water partition coefficient (Wildman–Crippen LogP) is 3.28. The number of nitrogens with zero attached hydrogens (tertiary/aromatic N) is 2. The van der Waals surface area contributed by atoms with Gasteiger partial charge in [0.1, 0.15) is 6.61 Å². The number of hydrogen-bond donors (Lipinski definition) is 0. The number of ether oxygens (including phenoxy) is 3. The Morgan fingerprint density at radius 2 is 2.00 bits per heavy atom. The molecule has 0 radical (unpaired) electrons. The van der Waals surface area contributed by atoms with Gasteiger partial charge in [-0.1, -0.05) is 29.8 Å². The summed E-state index contributed by atoms with van der Waals surface area (Å²) in [6.45, 7) is 1.74. The maximum absolute atomic E-state index is 12.5. The van der Waals surface area contributed by atoms with Gasteiger partial charge in [0, 0.05) is 11.8 Å². The topological polar surface area (TPSA) is 79.7 Å². The van der Waals surface area contributed by atoms with E-state index < -0.39 is 11.4 Å². The van der Waals surface area contributed by atoms with Crippen LogP contribution in [0.1, 0.15) is 21.7 Å². The SMILES string of the molecule is Cc1cc(=O)c(C(=O)OCc2cc(Cl)c3c(c2)OCO3)nn1-c1ccccc1. The highest BCUT2D eigenvalue weighted by atomic mass is 35.5. The van der Waals surface area contributed by atoms with E-state index in [9.17, 15) is 9.59 Å². The highest BCUT2D eigenvalue weighted by molar-refractivity contribution is 6.32. The normalized spacial score (nSPS) is 12.1. The number of carbonyl (C=O) groups excluding carboxylic acids is 1. The average molecular weight is 399 g/mol. The van der Waals surface area contributed by atoms with Gasteiger partial charge in [0.15, 0.2) is 11.5 Å². The maximum Gasteiger partial charge on any atom is 0.363 e. The highest BCUT2D eigenvalue weighted by Gasteiger charge is 2.20. The molecule has 142 valence electrons. The summed E-state index contributed by atoms with van der Waals surface area (Å²) < 4.78 is 17.3. The van der Waals surface area contributed by atoms with Crippen molar-refractivity contribution in [1.29, 1.82) is 0 Å². The molecule has 0 atom stereocenters. The second-order valence-electron chi connectivity index (χ2n) is 6.13. The monoisotopic (exact) mass is 398 g/mol. The van der Waals surface area contributed by atoms with Crippen LogP contribution in [0.15, 0.2) is 53.3 Å². The van der Waals surface area contributed by atoms with Crippen molar-refractivity contribution in [2.24, 2.45) is 0 Å². The van der Waals surface area contributed by atoms with E-state index in [0.717, 1.165) is 5.69 Å². The van der Waals surface area contributed by atoms with E-state index in [1.54, 1.807) is 19.1 Å². The Morgan fingerprint density at radius 3 is 2.79 bits per heavy atom. The first kappa shape index (κ1) is 18.1. The molecule has 2 aromatic carbocycles.